The minimum atomic E-state index is -0.280. The van der Waals surface area contributed by atoms with E-state index in [2.05, 4.69) is 21.0 Å². The fourth-order valence-electron chi connectivity index (χ4n) is 2.58. The van der Waals surface area contributed by atoms with E-state index in [0.717, 1.165) is 29.9 Å². The normalized spacial score (nSPS) is 19.1. The number of benzene rings is 1. The molecule has 2 heterocycles. The predicted octanol–water partition coefficient (Wildman–Crippen LogP) is 3.21. The Labute approximate surface area is 130 Å². The molecule has 0 N–H and O–H groups in total. The molecule has 0 saturated carbocycles. The maximum absolute atomic E-state index is 13.0. The van der Waals surface area contributed by atoms with E-state index in [1.54, 1.807) is 27.9 Å². The summed E-state index contributed by atoms with van der Waals surface area (Å²) < 4.78 is 14.7. The van der Waals surface area contributed by atoms with E-state index >= 15 is 0 Å². The summed E-state index contributed by atoms with van der Waals surface area (Å²) in [6.45, 7) is 2.62. The highest BCUT2D eigenvalue weighted by Gasteiger charge is 2.29. The summed E-state index contributed by atoms with van der Waals surface area (Å²) in [6.07, 6.45) is 3.52. The van der Waals surface area contributed by atoms with Gasteiger partial charge in [-0.25, -0.2) is 9.07 Å². The summed E-state index contributed by atoms with van der Waals surface area (Å²) in [4.78, 5) is 13.9. The van der Waals surface area contributed by atoms with Gasteiger partial charge < -0.3 is 4.90 Å². The van der Waals surface area contributed by atoms with Crippen LogP contribution in [0.5, 0.6) is 0 Å². The second-order valence-corrected chi connectivity index (χ2v) is 6.21. The Morgan fingerprint density at radius 1 is 1.33 bits per heavy atom. The van der Waals surface area contributed by atoms with Crippen LogP contribution in [0.2, 0.25) is 0 Å². The molecule has 1 aliphatic heterocycles. The van der Waals surface area contributed by atoms with E-state index in [9.17, 15) is 9.18 Å². The lowest BCUT2D eigenvalue weighted by Gasteiger charge is -2.29. The highest BCUT2D eigenvalue weighted by atomic mass is 79.9. The molecule has 0 radical (unpaired) electrons. The largest absolute Gasteiger partial charge is 0.308 e. The van der Waals surface area contributed by atoms with Crippen molar-refractivity contribution in [3.63, 3.8) is 0 Å². The van der Waals surface area contributed by atoms with Gasteiger partial charge in [-0.2, -0.15) is 5.10 Å². The molecule has 1 saturated heterocycles. The molecular weight excluding hydrogens is 337 g/mol. The molecule has 1 amide bonds. The van der Waals surface area contributed by atoms with Crippen LogP contribution >= 0.6 is 15.9 Å². The standard InChI is InChI=1S/C15H15BrFN3O/c1-10-14(19-8-2-3-13(16)15(19)21)9-18-20(10)12-6-4-11(17)5-7-12/h4-7,9,13H,2-3,8H2,1H3. The van der Waals surface area contributed by atoms with Crippen LogP contribution in [-0.4, -0.2) is 27.1 Å². The van der Waals surface area contributed by atoms with Gasteiger partial charge in [-0.15, -0.1) is 0 Å². The third-order valence-electron chi connectivity index (χ3n) is 3.72. The van der Waals surface area contributed by atoms with Gasteiger partial charge in [0.15, 0.2) is 0 Å². The highest BCUT2D eigenvalue weighted by molar-refractivity contribution is 9.10. The van der Waals surface area contributed by atoms with Crippen LogP contribution in [0.25, 0.3) is 5.69 Å². The molecule has 1 aliphatic rings. The molecule has 2 aromatic rings. The smallest absolute Gasteiger partial charge is 0.240 e. The molecular formula is C15H15BrFN3O. The topological polar surface area (TPSA) is 38.1 Å². The van der Waals surface area contributed by atoms with E-state index < -0.39 is 0 Å². The van der Waals surface area contributed by atoms with Crippen molar-refractivity contribution < 1.29 is 9.18 Å². The van der Waals surface area contributed by atoms with Crippen molar-refractivity contribution in [1.82, 2.24) is 9.78 Å². The van der Waals surface area contributed by atoms with Gasteiger partial charge in [0.2, 0.25) is 5.91 Å². The van der Waals surface area contributed by atoms with Gasteiger partial charge in [0.05, 0.1) is 28.1 Å². The van der Waals surface area contributed by atoms with Gasteiger partial charge in [-0.05, 0) is 44.0 Å². The number of anilines is 1. The summed E-state index contributed by atoms with van der Waals surface area (Å²) in [7, 11) is 0. The van der Waals surface area contributed by atoms with Crippen molar-refractivity contribution in [1.29, 1.82) is 0 Å². The summed E-state index contributed by atoms with van der Waals surface area (Å²) >= 11 is 3.42. The lowest BCUT2D eigenvalue weighted by molar-refractivity contribution is -0.118. The van der Waals surface area contributed by atoms with E-state index in [1.807, 2.05) is 6.92 Å². The van der Waals surface area contributed by atoms with E-state index in [0.29, 0.717) is 6.54 Å². The van der Waals surface area contributed by atoms with Crippen molar-refractivity contribution in [3.05, 3.63) is 42.0 Å². The second kappa shape index (κ2) is 5.60. The average Bonchev–Trinajstić information content (AvgIpc) is 2.85. The van der Waals surface area contributed by atoms with Gasteiger partial charge in [0.1, 0.15) is 5.82 Å². The van der Waals surface area contributed by atoms with Crippen LogP contribution in [0.15, 0.2) is 30.5 Å². The lowest BCUT2D eigenvalue weighted by Crippen LogP contribution is -2.42. The Morgan fingerprint density at radius 2 is 2.05 bits per heavy atom. The van der Waals surface area contributed by atoms with E-state index in [1.165, 1.54) is 12.1 Å². The van der Waals surface area contributed by atoms with Gasteiger partial charge in [0.25, 0.3) is 0 Å². The first-order valence-electron chi connectivity index (χ1n) is 6.84. The number of hydrogen-bond donors (Lipinski definition) is 0. The third-order valence-corrected chi connectivity index (χ3v) is 4.57. The minimum absolute atomic E-state index is 0.0722. The Balaban J connectivity index is 1.95. The Kier molecular flexibility index (Phi) is 3.80. The summed E-state index contributed by atoms with van der Waals surface area (Å²) in [5.41, 5.74) is 2.46. The zero-order valence-electron chi connectivity index (χ0n) is 11.6. The maximum Gasteiger partial charge on any atom is 0.240 e. The van der Waals surface area contributed by atoms with Gasteiger partial charge in [0, 0.05) is 6.54 Å². The first-order valence-corrected chi connectivity index (χ1v) is 7.75. The molecule has 0 aliphatic carbocycles. The minimum Gasteiger partial charge on any atom is -0.308 e. The summed E-state index contributed by atoms with van der Waals surface area (Å²) in [6, 6.07) is 6.14. The molecule has 1 aromatic carbocycles. The average molecular weight is 352 g/mol. The molecule has 1 aromatic heterocycles. The van der Waals surface area contributed by atoms with Crippen molar-refractivity contribution in [2.24, 2.45) is 0 Å². The molecule has 21 heavy (non-hydrogen) atoms. The number of hydrogen-bond acceptors (Lipinski definition) is 2. The maximum atomic E-state index is 13.0. The van der Waals surface area contributed by atoms with Crippen molar-refractivity contribution in [3.8, 4) is 5.69 Å². The number of carbonyl (C=O) groups is 1. The number of nitrogens with zero attached hydrogens (tertiary/aromatic N) is 3. The number of halogens is 2. The van der Waals surface area contributed by atoms with Gasteiger partial charge in [-0.3, -0.25) is 4.79 Å². The van der Waals surface area contributed by atoms with Gasteiger partial charge >= 0.3 is 0 Å². The van der Waals surface area contributed by atoms with Crippen LogP contribution in [0.3, 0.4) is 0 Å². The zero-order valence-corrected chi connectivity index (χ0v) is 13.2. The van der Waals surface area contributed by atoms with Crippen LogP contribution in [0, 0.1) is 12.7 Å². The van der Waals surface area contributed by atoms with Crippen molar-refractivity contribution in [2.45, 2.75) is 24.6 Å². The number of rotatable bonds is 2. The number of aromatic nitrogens is 2. The van der Waals surface area contributed by atoms with Crippen molar-refractivity contribution in [2.75, 3.05) is 11.4 Å². The fourth-order valence-corrected chi connectivity index (χ4v) is 3.15. The number of amides is 1. The molecule has 0 bridgehead atoms. The monoisotopic (exact) mass is 351 g/mol. The zero-order chi connectivity index (χ0) is 15.0. The number of carbonyl (C=O) groups excluding carboxylic acids is 1. The van der Waals surface area contributed by atoms with E-state index in [-0.39, 0.29) is 16.6 Å². The molecule has 110 valence electrons. The first-order chi connectivity index (χ1) is 10.1. The van der Waals surface area contributed by atoms with Gasteiger partial charge in [-0.1, -0.05) is 15.9 Å². The van der Waals surface area contributed by atoms with Crippen LogP contribution in [0.4, 0.5) is 10.1 Å². The highest BCUT2D eigenvalue weighted by Crippen LogP contribution is 2.28. The molecule has 1 unspecified atom stereocenters. The Hall–Kier alpha value is -1.69. The molecule has 4 nitrogen and oxygen atoms in total. The van der Waals surface area contributed by atoms with E-state index in [4.69, 9.17) is 0 Å². The Morgan fingerprint density at radius 3 is 2.76 bits per heavy atom. The second-order valence-electron chi connectivity index (χ2n) is 5.10. The predicted molar refractivity (Wildman–Crippen MR) is 82.6 cm³/mol. The van der Waals surface area contributed by atoms with Crippen LogP contribution in [-0.2, 0) is 4.79 Å². The summed E-state index contributed by atoms with van der Waals surface area (Å²) in [5, 5.41) is 4.34. The first kappa shape index (κ1) is 14.3. The Bertz CT molecular complexity index is 668. The van der Waals surface area contributed by atoms with Crippen LogP contribution in [0.1, 0.15) is 18.5 Å². The van der Waals surface area contributed by atoms with Crippen LogP contribution < -0.4 is 4.90 Å². The molecule has 1 atom stereocenters. The summed E-state index contributed by atoms with van der Waals surface area (Å²) in [5.74, 6) is -0.208. The SMILES string of the molecule is Cc1c(N2CCCC(Br)C2=O)cnn1-c1ccc(F)cc1. The molecule has 1 fully saturated rings. The quantitative estimate of drug-likeness (QED) is 0.779. The molecule has 3 rings (SSSR count). The van der Waals surface area contributed by atoms with Crippen molar-refractivity contribution >= 4 is 27.5 Å². The third kappa shape index (κ3) is 2.60. The number of piperidine rings is 1. The number of alkyl halides is 1. The fraction of sp³-hybridized carbons (Fsp3) is 0.333. The molecule has 0 spiro atoms. The molecule has 6 heteroatoms. The lowest BCUT2D eigenvalue weighted by atomic mass is 10.1.